The first-order valence-electron chi connectivity index (χ1n) is 7.90. The summed E-state index contributed by atoms with van der Waals surface area (Å²) in [6, 6.07) is 3.81. The fourth-order valence-corrected chi connectivity index (χ4v) is 3.30. The first-order chi connectivity index (χ1) is 11.5. The van der Waals surface area contributed by atoms with Crippen LogP contribution in [-0.2, 0) is 24.9 Å². The summed E-state index contributed by atoms with van der Waals surface area (Å²) in [5.41, 5.74) is 2.48. The van der Waals surface area contributed by atoms with Crippen LogP contribution in [0.2, 0.25) is 0 Å². The molecule has 1 N–H and O–H groups in total. The van der Waals surface area contributed by atoms with Crippen molar-refractivity contribution < 1.29 is 4.74 Å². The lowest BCUT2D eigenvalue weighted by molar-refractivity contribution is 0.129. The van der Waals surface area contributed by atoms with Gasteiger partial charge in [0.1, 0.15) is 5.69 Å². The molecule has 0 bridgehead atoms. The van der Waals surface area contributed by atoms with Gasteiger partial charge in [-0.3, -0.25) is 14.4 Å². The van der Waals surface area contributed by atoms with Gasteiger partial charge in [0.05, 0.1) is 18.8 Å². The average Bonchev–Trinajstić information content (AvgIpc) is 2.97. The van der Waals surface area contributed by atoms with E-state index in [-0.39, 0.29) is 5.56 Å². The smallest absolute Gasteiger partial charge is 0.274 e. The lowest BCUT2D eigenvalue weighted by Crippen LogP contribution is -2.35. The van der Waals surface area contributed by atoms with E-state index in [0.717, 1.165) is 48.6 Å². The molecule has 0 fully saturated rings. The lowest BCUT2D eigenvalue weighted by atomic mass is 10.3. The third kappa shape index (κ3) is 3.40. The summed E-state index contributed by atoms with van der Waals surface area (Å²) in [5.74, 6) is 0.700. The van der Waals surface area contributed by atoms with Gasteiger partial charge in [-0.2, -0.15) is 5.10 Å². The number of hydrogen-bond donors (Lipinski definition) is 1. The van der Waals surface area contributed by atoms with E-state index in [1.807, 2.05) is 17.7 Å². The van der Waals surface area contributed by atoms with E-state index in [1.54, 1.807) is 24.8 Å². The average molecular weight is 396 g/mol. The molecule has 8 heteroatoms. The molecule has 1 aliphatic rings. The largest absolute Gasteiger partial charge is 0.383 e. The second-order valence-corrected chi connectivity index (χ2v) is 6.85. The highest BCUT2D eigenvalue weighted by atomic mass is 79.9. The van der Waals surface area contributed by atoms with Crippen molar-refractivity contribution in [2.75, 3.05) is 32.1 Å². The quantitative estimate of drug-likeness (QED) is 0.836. The fraction of sp³-hybridized carbons (Fsp3) is 0.500. The van der Waals surface area contributed by atoms with Gasteiger partial charge in [0, 0.05) is 50.0 Å². The Kier molecular flexibility index (Phi) is 5.07. The van der Waals surface area contributed by atoms with Crippen molar-refractivity contribution in [3.8, 4) is 0 Å². The molecule has 0 spiro atoms. The highest BCUT2D eigenvalue weighted by Gasteiger charge is 2.18. The summed E-state index contributed by atoms with van der Waals surface area (Å²) < 4.78 is 9.65. The number of fused-ring (bicyclic) bond motifs is 1. The third-order valence-corrected chi connectivity index (χ3v) is 5.21. The van der Waals surface area contributed by atoms with Gasteiger partial charge in [-0.15, -0.1) is 0 Å². The molecule has 0 radical (unpaired) electrons. The molecule has 0 saturated carbocycles. The summed E-state index contributed by atoms with van der Waals surface area (Å²) in [5, 5.41) is 7.73. The van der Waals surface area contributed by atoms with Crippen molar-refractivity contribution in [2.45, 2.75) is 20.0 Å². The predicted molar refractivity (Wildman–Crippen MR) is 96.8 cm³/mol. The van der Waals surface area contributed by atoms with Gasteiger partial charge in [0.25, 0.3) is 5.56 Å². The standard InChI is InChI=1S/C16H22BrN5O2/c1-11-13(17)9-14(16(23)20(11)2)18-15-8-12-10-21(6-7-24-3)4-5-22(12)19-15/h8-9H,4-7,10H2,1-3H3,(H,18,19). The van der Waals surface area contributed by atoms with E-state index >= 15 is 0 Å². The first kappa shape index (κ1) is 17.2. The summed E-state index contributed by atoms with van der Waals surface area (Å²) in [4.78, 5) is 14.7. The van der Waals surface area contributed by atoms with Crippen molar-refractivity contribution in [1.29, 1.82) is 0 Å². The molecule has 0 amide bonds. The highest BCUT2D eigenvalue weighted by molar-refractivity contribution is 9.10. The molecule has 0 aliphatic carbocycles. The molecule has 7 nitrogen and oxygen atoms in total. The fourth-order valence-electron chi connectivity index (χ4n) is 2.81. The molecular formula is C16H22BrN5O2. The molecule has 3 rings (SSSR count). The third-order valence-electron chi connectivity index (χ3n) is 4.41. The second kappa shape index (κ2) is 7.08. The Morgan fingerprint density at radius 1 is 1.38 bits per heavy atom. The summed E-state index contributed by atoms with van der Waals surface area (Å²) in [6.45, 7) is 6.18. The van der Waals surface area contributed by atoms with Crippen molar-refractivity contribution in [1.82, 2.24) is 19.2 Å². The van der Waals surface area contributed by atoms with E-state index in [0.29, 0.717) is 11.5 Å². The summed E-state index contributed by atoms with van der Waals surface area (Å²) in [7, 11) is 3.48. The first-order valence-corrected chi connectivity index (χ1v) is 8.70. The number of nitrogens with zero attached hydrogens (tertiary/aromatic N) is 4. The van der Waals surface area contributed by atoms with Gasteiger partial charge in [0.2, 0.25) is 0 Å². The Hall–Kier alpha value is -1.64. The van der Waals surface area contributed by atoms with Crippen LogP contribution in [0, 0.1) is 6.92 Å². The van der Waals surface area contributed by atoms with Crippen molar-refractivity contribution in [3.05, 3.63) is 38.3 Å². The van der Waals surface area contributed by atoms with Gasteiger partial charge >= 0.3 is 0 Å². The van der Waals surface area contributed by atoms with Gasteiger partial charge < -0.3 is 14.6 Å². The summed E-state index contributed by atoms with van der Waals surface area (Å²) >= 11 is 3.49. The van der Waals surface area contributed by atoms with E-state index in [1.165, 1.54) is 0 Å². The number of rotatable bonds is 5. The number of hydrogen-bond acceptors (Lipinski definition) is 5. The molecule has 0 aromatic carbocycles. The molecule has 1 aliphatic heterocycles. The maximum atomic E-state index is 12.4. The number of methoxy groups -OCH3 is 1. The minimum Gasteiger partial charge on any atom is -0.383 e. The number of anilines is 2. The van der Waals surface area contributed by atoms with Gasteiger partial charge in [-0.1, -0.05) is 0 Å². The van der Waals surface area contributed by atoms with Gasteiger partial charge in [-0.25, -0.2) is 0 Å². The second-order valence-electron chi connectivity index (χ2n) is 5.99. The predicted octanol–water partition coefficient (Wildman–Crippen LogP) is 1.86. The van der Waals surface area contributed by atoms with E-state index in [9.17, 15) is 4.79 Å². The van der Waals surface area contributed by atoms with Crippen molar-refractivity contribution >= 4 is 27.4 Å². The van der Waals surface area contributed by atoms with Crippen LogP contribution in [-0.4, -0.2) is 46.1 Å². The van der Waals surface area contributed by atoms with Crippen LogP contribution < -0.4 is 10.9 Å². The Balaban J connectivity index is 1.79. The molecule has 130 valence electrons. The Morgan fingerprint density at radius 2 is 2.17 bits per heavy atom. The van der Waals surface area contributed by atoms with Crippen LogP contribution in [0.15, 0.2) is 21.4 Å². The Morgan fingerprint density at radius 3 is 2.92 bits per heavy atom. The van der Waals surface area contributed by atoms with Gasteiger partial charge in [0.15, 0.2) is 5.82 Å². The molecule has 0 unspecified atom stereocenters. The van der Waals surface area contributed by atoms with Crippen molar-refractivity contribution in [2.24, 2.45) is 7.05 Å². The zero-order valence-electron chi connectivity index (χ0n) is 14.2. The molecule has 24 heavy (non-hydrogen) atoms. The SMILES string of the molecule is COCCN1CCn2nc(Nc3cc(Br)c(C)n(C)c3=O)cc2C1. The Bertz CT molecular complexity index is 798. The van der Waals surface area contributed by atoms with Crippen LogP contribution in [0.1, 0.15) is 11.4 Å². The summed E-state index contributed by atoms with van der Waals surface area (Å²) in [6.07, 6.45) is 0. The van der Waals surface area contributed by atoms with E-state index < -0.39 is 0 Å². The Labute approximate surface area is 149 Å². The number of aromatic nitrogens is 3. The monoisotopic (exact) mass is 395 g/mol. The maximum Gasteiger partial charge on any atom is 0.274 e. The van der Waals surface area contributed by atoms with Crippen LogP contribution in [0.3, 0.4) is 0 Å². The molecule has 3 heterocycles. The molecule has 2 aromatic rings. The molecule has 2 aromatic heterocycles. The number of pyridine rings is 1. The van der Waals surface area contributed by atoms with Crippen LogP contribution in [0.25, 0.3) is 0 Å². The van der Waals surface area contributed by atoms with Crippen LogP contribution >= 0.6 is 15.9 Å². The van der Waals surface area contributed by atoms with Gasteiger partial charge in [-0.05, 0) is 28.9 Å². The number of ether oxygens (including phenoxy) is 1. The maximum absolute atomic E-state index is 12.4. The zero-order valence-corrected chi connectivity index (χ0v) is 15.8. The lowest BCUT2D eigenvalue weighted by Gasteiger charge is -2.26. The number of nitrogens with one attached hydrogen (secondary N) is 1. The zero-order chi connectivity index (χ0) is 17.3. The highest BCUT2D eigenvalue weighted by Crippen LogP contribution is 2.22. The molecule has 0 atom stereocenters. The van der Waals surface area contributed by atoms with E-state index in [4.69, 9.17) is 4.74 Å². The minimum atomic E-state index is -0.0663. The normalized spacial score (nSPS) is 14.7. The topological polar surface area (TPSA) is 64.3 Å². The molecule has 0 saturated heterocycles. The molecular weight excluding hydrogens is 374 g/mol. The van der Waals surface area contributed by atoms with Crippen molar-refractivity contribution in [3.63, 3.8) is 0 Å². The van der Waals surface area contributed by atoms with E-state index in [2.05, 4.69) is 31.2 Å². The number of halogens is 1. The van der Waals surface area contributed by atoms with Crippen LogP contribution in [0.4, 0.5) is 11.5 Å². The van der Waals surface area contributed by atoms with Crippen LogP contribution in [0.5, 0.6) is 0 Å². The minimum absolute atomic E-state index is 0.0663.